The lowest BCUT2D eigenvalue weighted by Gasteiger charge is -2.09. The zero-order valence-electron chi connectivity index (χ0n) is 10.6. The van der Waals surface area contributed by atoms with E-state index in [0.717, 1.165) is 25.6 Å². The number of nitrogens with zero attached hydrogens (tertiary/aromatic N) is 3. The third-order valence-corrected chi connectivity index (χ3v) is 2.62. The number of nitrogens with one attached hydrogen (secondary N) is 2. The Hall–Kier alpha value is -1.52. The number of rotatable bonds is 5. The van der Waals surface area contributed by atoms with Gasteiger partial charge in [0.25, 0.3) is 0 Å². The molecule has 1 saturated carbocycles. The van der Waals surface area contributed by atoms with Gasteiger partial charge in [-0.15, -0.1) is 0 Å². The molecule has 1 aromatic rings. The maximum atomic E-state index is 4.53. The predicted molar refractivity (Wildman–Crippen MR) is 69.1 cm³/mol. The van der Waals surface area contributed by atoms with Crippen molar-refractivity contribution in [1.82, 2.24) is 20.4 Å². The highest BCUT2D eigenvalue weighted by atomic mass is 15.3. The molecule has 0 saturated heterocycles. The van der Waals surface area contributed by atoms with Gasteiger partial charge in [0.2, 0.25) is 0 Å². The second-order valence-electron chi connectivity index (χ2n) is 4.46. The molecule has 5 nitrogen and oxygen atoms in total. The molecule has 0 aromatic carbocycles. The van der Waals surface area contributed by atoms with Crippen LogP contribution >= 0.6 is 0 Å². The molecule has 0 aliphatic heterocycles. The Kier molecular flexibility index (Phi) is 4.01. The zero-order chi connectivity index (χ0) is 12.1. The first kappa shape index (κ1) is 12.0. The number of hydrogen-bond donors (Lipinski definition) is 2. The summed E-state index contributed by atoms with van der Waals surface area (Å²) in [6.45, 7) is 6.62. The van der Waals surface area contributed by atoms with Gasteiger partial charge in [-0.25, -0.2) is 0 Å². The summed E-state index contributed by atoms with van der Waals surface area (Å²) in [5.41, 5.74) is 1.19. The van der Waals surface area contributed by atoms with Gasteiger partial charge < -0.3 is 10.6 Å². The average Bonchev–Trinajstić information content (AvgIpc) is 3.01. The molecule has 1 fully saturated rings. The van der Waals surface area contributed by atoms with Crippen LogP contribution in [0, 0.1) is 6.92 Å². The van der Waals surface area contributed by atoms with Crippen LogP contribution in [0.15, 0.2) is 17.4 Å². The maximum Gasteiger partial charge on any atom is 0.191 e. The molecule has 0 bridgehead atoms. The SMILES string of the molecule is CCNC(=NCCn1cc(C)cn1)NC1CC1. The summed E-state index contributed by atoms with van der Waals surface area (Å²) < 4.78 is 1.93. The van der Waals surface area contributed by atoms with Crippen molar-refractivity contribution in [2.45, 2.75) is 39.3 Å². The molecule has 94 valence electrons. The Labute approximate surface area is 102 Å². The predicted octanol–water partition coefficient (Wildman–Crippen LogP) is 0.909. The first-order chi connectivity index (χ1) is 8.28. The van der Waals surface area contributed by atoms with Crippen LogP contribution in [-0.4, -0.2) is 34.9 Å². The number of aryl methyl sites for hydroxylation is 1. The zero-order valence-corrected chi connectivity index (χ0v) is 10.6. The molecule has 1 aliphatic rings. The van der Waals surface area contributed by atoms with Gasteiger partial charge in [0.1, 0.15) is 0 Å². The minimum atomic E-state index is 0.639. The Bertz CT molecular complexity index is 378. The molecule has 2 rings (SSSR count). The van der Waals surface area contributed by atoms with Crippen molar-refractivity contribution < 1.29 is 0 Å². The largest absolute Gasteiger partial charge is 0.357 e. The fraction of sp³-hybridized carbons (Fsp3) is 0.667. The van der Waals surface area contributed by atoms with Gasteiger partial charge in [-0.1, -0.05) is 0 Å². The van der Waals surface area contributed by atoms with E-state index in [1.54, 1.807) is 0 Å². The summed E-state index contributed by atoms with van der Waals surface area (Å²) in [5.74, 6) is 0.930. The lowest BCUT2D eigenvalue weighted by molar-refractivity contribution is 0.621. The number of aliphatic imine (C=N–C) groups is 1. The molecular formula is C12H21N5. The lowest BCUT2D eigenvalue weighted by atomic mass is 10.4. The fourth-order valence-corrected chi connectivity index (χ4v) is 1.59. The highest BCUT2D eigenvalue weighted by Crippen LogP contribution is 2.18. The van der Waals surface area contributed by atoms with E-state index in [-0.39, 0.29) is 0 Å². The summed E-state index contributed by atoms with van der Waals surface area (Å²) in [6, 6.07) is 0.639. The summed E-state index contributed by atoms with van der Waals surface area (Å²) in [5, 5.41) is 10.9. The Morgan fingerprint density at radius 1 is 1.59 bits per heavy atom. The molecule has 5 heteroatoms. The molecule has 1 aliphatic carbocycles. The topological polar surface area (TPSA) is 54.2 Å². The van der Waals surface area contributed by atoms with Gasteiger partial charge in [-0.3, -0.25) is 9.67 Å². The van der Waals surface area contributed by atoms with Crippen molar-refractivity contribution in [3.05, 3.63) is 18.0 Å². The average molecular weight is 235 g/mol. The second-order valence-corrected chi connectivity index (χ2v) is 4.46. The molecule has 0 amide bonds. The number of hydrogen-bond acceptors (Lipinski definition) is 2. The standard InChI is InChI=1S/C12H21N5/c1-3-13-12(16-11-4-5-11)14-6-7-17-9-10(2)8-15-17/h8-9,11H,3-7H2,1-2H3,(H2,13,14,16). The fourth-order valence-electron chi connectivity index (χ4n) is 1.59. The van der Waals surface area contributed by atoms with Gasteiger partial charge in [0.05, 0.1) is 19.3 Å². The van der Waals surface area contributed by atoms with E-state index in [1.807, 2.05) is 24.0 Å². The Morgan fingerprint density at radius 2 is 2.41 bits per heavy atom. The van der Waals surface area contributed by atoms with E-state index in [0.29, 0.717) is 6.04 Å². The minimum absolute atomic E-state index is 0.639. The van der Waals surface area contributed by atoms with Crippen LogP contribution in [0.5, 0.6) is 0 Å². The van der Waals surface area contributed by atoms with E-state index >= 15 is 0 Å². The van der Waals surface area contributed by atoms with E-state index in [2.05, 4.69) is 27.6 Å². The molecule has 1 aromatic heterocycles. The molecule has 0 atom stereocenters. The van der Waals surface area contributed by atoms with Gasteiger partial charge in [-0.2, -0.15) is 5.10 Å². The quantitative estimate of drug-likeness (QED) is 0.589. The van der Waals surface area contributed by atoms with Crippen molar-refractivity contribution >= 4 is 5.96 Å². The van der Waals surface area contributed by atoms with Crippen molar-refractivity contribution in [2.75, 3.05) is 13.1 Å². The number of guanidine groups is 1. The third kappa shape index (κ3) is 4.09. The van der Waals surface area contributed by atoms with Crippen molar-refractivity contribution in [1.29, 1.82) is 0 Å². The normalized spacial score (nSPS) is 16.0. The van der Waals surface area contributed by atoms with E-state index in [4.69, 9.17) is 0 Å². The highest BCUT2D eigenvalue weighted by molar-refractivity contribution is 5.80. The number of aromatic nitrogens is 2. The van der Waals surface area contributed by atoms with Crippen LogP contribution in [0.3, 0.4) is 0 Å². The Balaban J connectivity index is 1.79. The minimum Gasteiger partial charge on any atom is -0.357 e. The molecule has 0 radical (unpaired) electrons. The van der Waals surface area contributed by atoms with Gasteiger partial charge in [0.15, 0.2) is 5.96 Å². The molecule has 0 spiro atoms. The van der Waals surface area contributed by atoms with Crippen LogP contribution in [0.25, 0.3) is 0 Å². The summed E-state index contributed by atoms with van der Waals surface area (Å²) in [4.78, 5) is 4.53. The second kappa shape index (κ2) is 5.70. The highest BCUT2D eigenvalue weighted by Gasteiger charge is 2.21. The Morgan fingerprint density at radius 3 is 3.00 bits per heavy atom. The lowest BCUT2D eigenvalue weighted by Crippen LogP contribution is -2.38. The van der Waals surface area contributed by atoms with Gasteiger partial charge in [0, 0.05) is 18.8 Å². The first-order valence-corrected chi connectivity index (χ1v) is 6.32. The van der Waals surface area contributed by atoms with Crippen LogP contribution < -0.4 is 10.6 Å². The van der Waals surface area contributed by atoms with E-state index in [1.165, 1.54) is 18.4 Å². The van der Waals surface area contributed by atoms with Crippen LogP contribution in [-0.2, 0) is 6.54 Å². The maximum absolute atomic E-state index is 4.53. The third-order valence-electron chi connectivity index (χ3n) is 2.62. The van der Waals surface area contributed by atoms with Crippen LogP contribution in [0.1, 0.15) is 25.3 Å². The molecule has 17 heavy (non-hydrogen) atoms. The summed E-state index contributed by atoms with van der Waals surface area (Å²) >= 11 is 0. The first-order valence-electron chi connectivity index (χ1n) is 6.32. The smallest absolute Gasteiger partial charge is 0.191 e. The monoisotopic (exact) mass is 235 g/mol. The van der Waals surface area contributed by atoms with Crippen molar-refractivity contribution in [2.24, 2.45) is 4.99 Å². The molecular weight excluding hydrogens is 214 g/mol. The molecule has 1 heterocycles. The van der Waals surface area contributed by atoms with Gasteiger partial charge in [-0.05, 0) is 32.3 Å². The van der Waals surface area contributed by atoms with E-state index < -0.39 is 0 Å². The van der Waals surface area contributed by atoms with E-state index in [9.17, 15) is 0 Å². The molecule has 2 N–H and O–H groups in total. The van der Waals surface area contributed by atoms with Crippen molar-refractivity contribution in [3.8, 4) is 0 Å². The molecule has 0 unspecified atom stereocenters. The van der Waals surface area contributed by atoms with Crippen LogP contribution in [0.4, 0.5) is 0 Å². The summed E-state index contributed by atoms with van der Waals surface area (Å²) in [7, 11) is 0. The van der Waals surface area contributed by atoms with Crippen molar-refractivity contribution in [3.63, 3.8) is 0 Å². The van der Waals surface area contributed by atoms with Gasteiger partial charge >= 0.3 is 0 Å². The van der Waals surface area contributed by atoms with Crippen LogP contribution in [0.2, 0.25) is 0 Å². The summed E-state index contributed by atoms with van der Waals surface area (Å²) in [6.07, 6.45) is 6.44.